The summed E-state index contributed by atoms with van der Waals surface area (Å²) in [6.45, 7) is 6.95. The van der Waals surface area contributed by atoms with Gasteiger partial charge >= 0.3 is 0 Å². The molecule has 0 aromatic heterocycles. The SMILES string of the molecule is CCNC(=NCC1(CO)CCOCC1)NC1CCN(c2ccccc2OC)C1. The van der Waals surface area contributed by atoms with Crippen molar-refractivity contribution in [2.75, 3.05) is 58.0 Å². The van der Waals surface area contributed by atoms with Crippen molar-refractivity contribution >= 4 is 11.6 Å². The lowest BCUT2D eigenvalue weighted by atomic mass is 9.81. The van der Waals surface area contributed by atoms with Crippen LogP contribution in [0, 0.1) is 5.41 Å². The Morgan fingerprint density at radius 3 is 2.86 bits per heavy atom. The van der Waals surface area contributed by atoms with Gasteiger partial charge in [-0.15, -0.1) is 0 Å². The number of aliphatic hydroxyl groups is 1. The topological polar surface area (TPSA) is 78.4 Å². The molecule has 3 N–H and O–H groups in total. The summed E-state index contributed by atoms with van der Waals surface area (Å²) in [7, 11) is 1.72. The number of nitrogens with zero attached hydrogens (tertiary/aromatic N) is 2. The minimum absolute atomic E-state index is 0.153. The lowest BCUT2D eigenvalue weighted by molar-refractivity contribution is -0.0106. The minimum atomic E-state index is -0.153. The number of ether oxygens (including phenoxy) is 2. The van der Waals surface area contributed by atoms with Gasteiger partial charge in [0.1, 0.15) is 5.75 Å². The van der Waals surface area contributed by atoms with E-state index >= 15 is 0 Å². The highest BCUT2D eigenvalue weighted by molar-refractivity contribution is 5.80. The average Bonchev–Trinajstić information content (AvgIpc) is 3.21. The maximum atomic E-state index is 9.89. The van der Waals surface area contributed by atoms with Crippen molar-refractivity contribution in [3.63, 3.8) is 0 Å². The third-order valence-electron chi connectivity index (χ3n) is 5.76. The van der Waals surface area contributed by atoms with Gasteiger partial charge in [0.2, 0.25) is 0 Å². The molecule has 2 heterocycles. The van der Waals surface area contributed by atoms with E-state index in [1.165, 1.54) is 0 Å². The Kier molecular flexibility index (Phi) is 7.39. The molecule has 0 radical (unpaired) electrons. The first-order valence-corrected chi connectivity index (χ1v) is 10.3. The van der Waals surface area contributed by atoms with E-state index in [0.29, 0.717) is 25.8 Å². The van der Waals surface area contributed by atoms with Crippen LogP contribution in [0.4, 0.5) is 5.69 Å². The third-order valence-corrected chi connectivity index (χ3v) is 5.76. The van der Waals surface area contributed by atoms with E-state index < -0.39 is 0 Å². The summed E-state index contributed by atoms with van der Waals surface area (Å²) in [5.74, 6) is 1.74. The Balaban J connectivity index is 1.61. The number of aliphatic imine (C=N–C) groups is 1. The van der Waals surface area contributed by atoms with Gasteiger partial charge in [-0.2, -0.15) is 0 Å². The van der Waals surface area contributed by atoms with Crippen LogP contribution in [-0.2, 0) is 4.74 Å². The summed E-state index contributed by atoms with van der Waals surface area (Å²) in [4.78, 5) is 7.17. The number of benzene rings is 1. The van der Waals surface area contributed by atoms with E-state index in [4.69, 9.17) is 14.5 Å². The number of methoxy groups -OCH3 is 1. The van der Waals surface area contributed by atoms with Crippen LogP contribution < -0.4 is 20.3 Å². The number of para-hydroxylation sites is 2. The highest BCUT2D eigenvalue weighted by Gasteiger charge is 2.32. The number of hydrogen-bond acceptors (Lipinski definition) is 5. The summed E-state index contributed by atoms with van der Waals surface area (Å²) in [6, 6.07) is 8.48. The predicted molar refractivity (Wildman–Crippen MR) is 112 cm³/mol. The van der Waals surface area contributed by atoms with Crippen LogP contribution in [0.2, 0.25) is 0 Å². The second-order valence-corrected chi connectivity index (χ2v) is 7.71. The molecule has 2 aliphatic rings. The minimum Gasteiger partial charge on any atom is -0.495 e. The highest BCUT2D eigenvalue weighted by atomic mass is 16.5. The maximum absolute atomic E-state index is 9.89. The fourth-order valence-electron chi connectivity index (χ4n) is 3.92. The molecule has 2 aliphatic heterocycles. The summed E-state index contributed by atoms with van der Waals surface area (Å²) >= 11 is 0. The fourth-order valence-corrected chi connectivity index (χ4v) is 3.92. The standard InChI is InChI=1S/C21H34N4O3/c1-3-22-20(23-15-21(16-26)9-12-28-13-10-21)24-17-8-11-25(14-17)18-6-4-5-7-19(18)27-2/h4-7,17,26H,3,8-16H2,1-2H3,(H2,22,23,24). The molecule has 28 heavy (non-hydrogen) atoms. The molecule has 2 saturated heterocycles. The van der Waals surface area contributed by atoms with Crippen LogP contribution in [-0.4, -0.2) is 70.2 Å². The first-order valence-electron chi connectivity index (χ1n) is 10.3. The molecule has 2 fully saturated rings. The third kappa shape index (κ3) is 5.08. The van der Waals surface area contributed by atoms with Crippen molar-refractivity contribution in [2.45, 2.75) is 32.2 Å². The molecular formula is C21H34N4O3. The van der Waals surface area contributed by atoms with E-state index in [1.807, 2.05) is 18.2 Å². The van der Waals surface area contributed by atoms with Gasteiger partial charge in [0.15, 0.2) is 5.96 Å². The van der Waals surface area contributed by atoms with Gasteiger partial charge < -0.3 is 30.1 Å². The molecule has 7 nitrogen and oxygen atoms in total. The fraction of sp³-hybridized carbons (Fsp3) is 0.667. The normalized spacial score (nSPS) is 22.2. The molecule has 3 rings (SSSR count). The van der Waals surface area contributed by atoms with Crippen LogP contribution in [0.25, 0.3) is 0 Å². The van der Waals surface area contributed by atoms with Gasteiger partial charge in [-0.25, -0.2) is 0 Å². The molecule has 0 aliphatic carbocycles. The van der Waals surface area contributed by atoms with Crippen molar-refractivity contribution in [1.82, 2.24) is 10.6 Å². The second-order valence-electron chi connectivity index (χ2n) is 7.71. The van der Waals surface area contributed by atoms with Crippen molar-refractivity contribution in [3.05, 3.63) is 24.3 Å². The summed E-state index contributed by atoms with van der Waals surface area (Å²) in [5, 5.41) is 16.8. The van der Waals surface area contributed by atoms with Crippen LogP contribution in [0.15, 0.2) is 29.3 Å². The van der Waals surface area contributed by atoms with Crippen LogP contribution in [0.1, 0.15) is 26.2 Å². The Labute approximate surface area is 168 Å². The first kappa shape index (κ1) is 20.7. The van der Waals surface area contributed by atoms with E-state index in [-0.39, 0.29) is 12.0 Å². The number of rotatable bonds is 7. The molecular weight excluding hydrogens is 356 g/mol. The zero-order valence-corrected chi connectivity index (χ0v) is 17.1. The number of nitrogens with one attached hydrogen (secondary N) is 2. The molecule has 1 atom stereocenters. The predicted octanol–water partition coefficient (Wildman–Crippen LogP) is 1.62. The molecule has 0 amide bonds. The lowest BCUT2D eigenvalue weighted by Gasteiger charge is -2.34. The van der Waals surface area contributed by atoms with Gasteiger partial charge in [0.05, 0.1) is 25.9 Å². The van der Waals surface area contributed by atoms with Crippen LogP contribution in [0.3, 0.4) is 0 Å². The largest absolute Gasteiger partial charge is 0.495 e. The summed E-state index contributed by atoms with van der Waals surface area (Å²) in [5.41, 5.74) is 0.984. The number of guanidine groups is 1. The van der Waals surface area contributed by atoms with Gasteiger partial charge in [-0.05, 0) is 38.3 Å². The van der Waals surface area contributed by atoms with E-state index in [0.717, 1.165) is 56.3 Å². The monoisotopic (exact) mass is 390 g/mol. The Morgan fingerprint density at radius 2 is 2.14 bits per heavy atom. The lowest BCUT2D eigenvalue weighted by Crippen LogP contribution is -2.45. The average molecular weight is 391 g/mol. The van der Waals surface area contributed by atoms with Crippen molar-refractivity contribution in [3.8, 4) is 5.75 Å². The van der Waals surface area contributed by atoms with E-state index in [1.54, 1.807) is 7.11 Å². The van der Waals surface area contributed by atoms with Gasteiger partial charge in [-0.1, -0.05) is 12.1 Å². The van der Waals surface area contributed by atoms with E-state index in [2.05, 4.69) is 28.5 Å². The zero-order valence-electron chi connectivity index (χ0n) is 17.1. The maximum Gasteiger partial charge on any atom is 0.191 e. The smallest absolute Gasteiger partial charge is 0.191 e. The number of aliphatic hydroxyl groups excluding tert-OH is 1. The Morgan fingerprint density at radius 1 is 1.36 bits per heavy atom. The Bertz CT molecular complexity index is 646. The molecule has 1 aromatic rings. The molecule has 0 saturated carbocycles. The van der Waals surface area contributed by atoms with Crippen molar-refractivity contribution in [1.29, 1.82) is 0 Å². The Hall–Kier alpha value is -1.99. The zero-order chi connectivity index (χ0) is 19.8. The van der Waals surface area contributed by atoms with Crippen molar-refractivity contribution < 1.29 is 14.6 Å². The van der Waals surface area contributed by atoms with Crippen LogP contribution in [0.5, 0.6) is 5.75 Å². The van der Waals surface area contributed by atoms with E-state index in [9.17, 15) is 5.11 Å². The second kappa shape index (κ2) is 9.98. The summed E-state index contributed by atoms with van der Waals surface area (Å²) < 4.78 is 11.0. The van der Waals surface area contributed by atoms with Gasteiger partial charge in [-0.3, -0.25) is 4.99 Å². The van der Waals surface area contributed by atoms with Gasteiger partial charge in [0.25, 0.3) is 0 Å². The summed E-state index contributed by atoms with van der Waals surface area (Å²) in [6.07, 6.45) is 2.76. The first-order chi connectivity index (χ1) is 13.7. The molecule has 1 aromatic carbocycles. The quantitative estimate of drug-likeness (QED) is 0.485. The number of hydrogen-bond donors (Lipinski definition) is 3. The van der Waals surface area contributed by atoms with Gasteiger partial charge in [0, 0.05) is 44.3 Å². The molecule has 0 bridgehead atoms. The van der Waals surface area contributed by atoms with Crippen molar-refractivity contribution in [2.24, 2.45) is 10.4 Å². The number of anilines is 1. The molecule has 7 heteroatoms. The van der Waals surface area contributed by atoms with Crippen LogP contribution >= 0.6 is 0 Å². The molecule has 156 valence electrons. The molecule has 1 unspecified atom stereocenters. The highest BCUT2D eigenvalue weighted by Crippen LogP contribution is 2.31. The molecule has 0 spiro atoms.